The van der Waals surface area contributed by atoms with Crippen molar-refractivity contribution >= 4 is 11.7 Å². The van der Waals surface area contributed by atoms with Crippen LogP contribution in [0.15, 0.2) is 103 Å². The zero-order valence-corrected chi connectivity index (χ0v) is 25.5. The van der Waals surface area contributed by atoms with Gasteiger partial charge in [0.2, 0.25) is 0 Å². The van der Waals surface area contributed by atoms with Crippen molar-refractivity contribution in [2.24, 2.45) is 0 Å². The van der Waals surface area contributed by atoms with E-state index in [9.17, 15) is 9.90 Å². The van der Waals surface area contributed by atoms with Gasteiger partial charge in [0.1, 0.15) is 24.7 Å². The van der Waals surface area contributed by atoms with Gasteiger partial charge in [-0.2, -0.15) is 0 Å². The van der Waals surface area contributed by atoms with E-state index in [-0.39, 0.29) is 18.9 Å². The fourth-order valence-electron chi connectivity index (χ4n) is 4.02. The van der Waals surface area contributed by atoms with Gasteiger partial charge in [0, 0.05) is 5.92 Å². The summed E-state index contributed by atoms with van der Waals surface area (Å²) in [6.45, 7) is 12.6. The SMILES string of the molecule is CC.CC.CC.N=C(COc1ccc(COc2ccc(C(CC(=O)O)C3=CCCC=C3)cc2)cc1)c1ccccc1. The molecule has 1 aliphatic carbocycles. The van der Waals surface area contributed by atoms with Crippen molar-refractivity contribution in [2.45, 2.75) is 73.3 Å². The molecule has 5 nitrogen and oxygen atoms in total. The number of aliphatic carboxylic acids is 1. The number of nitrogens with one attached hydrogen (secondary N) is 1. The molecule has 0 spiro atoms. The third-order valence-corrected chi connectivity index (χ3v) is 5.92. The first-order valence-corrected chi connectivity index (χ1v) is 14.7. The summed E-state index contributed by atoms with van der Waals surface area (Å²) in [6, 6.07) is 24.9. The highest BCUT2D eigenvalue weighted by Crippen LogP contribution is 2.32. The maximum absolute atomic E-state index is 11.4. The average Bonchev–Trinajstić information content (AvgIpc) is 3.06. The quantitative estimate of drug-likeness (QED) is 0.230. The minimum Gasteiger partial charge on any atom is -0.489 e. The first kappa shape index (κ1) is 34.9. The van der Waals surface area contributed by atoms with Gasteiger partial charge in [-0.1, -0.05) is 114 Å². The van der Waals surface area contributed by atoms with Gasteiger partial charge in [0.25, 0.3) is 0 Å². The molecule has 1 aliphatic rings. The number of hydrogen-bond donors (Lipinski definition) is 2. The van der Waals surface area contributed by atoms with E-state index in [1.165, 1.54) is 0 Å². The van der Waals surface area contributed by atoms with Gasteiger partial charge in [0.15, 0.2) is 0 Å². The van der Waals surface area contributed by atoms with Crippen LogP contribution in [-0.4, -0.2) is 23.4 Å². The summed E-state index contributed by atoms with van der Waals surface area (Å²) in [4.78, 5) is 11.4. The maximum atomic E-state index is 11.4. The Morgan fingerprint density at radius 1 is 0.805 bits per heavy atom. The molecular weight excluding hydrogens is 510 g/mol. The van der Waals surface area contributed by atoms with Gasteiger partial charge in [-0.15, -0.1) is 0 Å². The van der Waals surface area contributed by atoms with Crippen LogP contribution < -0.4 is 9.47 Å². The van der Waals surface area contributed by atoms with Crippen LogP contribution in [0.1, 0.15) is 83.4 Å². The second-order valence-corrected chi connectivity index (χ2v) is 8.47. The molecule has 0 radical (unpaired) electrons. The number of allylic oxidation sites excluding steroid dienone is 4. The van der Waals surface area contributed by atoms with Crippen LogP contribution in [0.25, 0.3) is 0 Å². The largest absolute Gasteiger partial charge is 0.489 e. The zero-order chi connectivity index (χ0) is 30.5. The van der Waals surface area contributed by atoms with Crippen molar-refractivity contribution in [2.75, 3.05) is 6.61 Å². The zero-order valence-electron chi connectivity index (χ0n) is 25.5. The Morgan fingerprint density at radius 2 is 1.39 bits per heavy atom. The van der Waals surface area contributed by atoms with Gasteiger partial charge in [-0.25, -0.2) is 0 Å². The maximum Gasteiger partial charge on any atom is 0.304 e. The summed E-state index contributed by atoms with van der Waals surface area (Å²) in [7, 11) is 0. The monoisotopic (exact) mass is 557 g/mol. The Kier molecular flexibility index (Phi) is 17.7. The van der Waals surface area contributed by atoms with Crippen molar-refractivity contribution in [3.8, 4) is 11.5 Å². The number of carbonyl (C=O) groups is 1. The fraction of sp³-hybridized carbons (Fsp3) is 0.333. The Labute approximate surface area is 247 Å². The highest BCUT2D eigenvalue weighted by Gasteiger charge is 2.19. The molecule has 2 N–H and O–H groups in total. The predicted molar refractivity (Wildman–Crippen MR) is 171 cm³/mol. The number of carboxylic acids is 1. The number of carboxylic acid groups (broad SMARTS) is 1. The van der Waals surface area contributed by atoms with Crippen LogP contribution in [0.3, 0.4) is 0 Å². The minimum atomic E-state index is -0.806. The molecule has 5 heteroatoms. The summed E-state index contributed by atoms with van der Waals surface area (Å²) >= 11 is 0. The van der Waals surface area contributed by atoms with Crippen molar-refractivity contribution in [1.82, 2.24) is 0 Å². The third-order valence-electron chi connectivity index (χ3n) is 5.92. The molecule has 0 aromatic heterocycles. The first-order valence-electron chi connectivity index (χ1n) is 14.7. The molecule has 0 fully saturated rings. The molecule has 0 bridgehead atoms. The van der Waals surface area contributed by atoms with Crippen molar-refractivity contribution in [1.29, 1.82) is 5.41 Å². The summed E-state index contributed by atoms with van der Waals surface area (Å²) in [5.41, 5.74) is 4.32. The van der Waals surface area contributed by atoms with Crippen LogP contribution in [0.5, 0.6) is 11.5 Å². The van der Waals surface area contributed by atoms with E-state index in [2.05, 4.69) is 12.2 Å². The number of ether oxygens (including phenoxy) is 2. The number of hydrogen-bond acceptors (Lipinski definition) is 4. The summed E-state index contributed by atoms with van der Waals surface area (Å²) in [5.74, 6) is 0.468. The molecule has 1 unspecified atom stereocenters. The van der Waals surface area contributed by atoms with E-state index in [0.717, 1.165) is 40.9 Å². The lowest BCUT2D eigenvalue weighted by molar-refractivity contribution is -0.137. The van der Waals surface area contributed by atoms with Gasteiger partial charge in [-0.3, -0.25) is 4.79 Å². The summed E-state index contributed by atoms with van der Waals surface area (Å²) in [6.07, 6.45) is 8.29. The third kappa shape index (κ3) is 12.3. The van der Waals surface area contributed by atoms with E-state index in [4.69, 9.17) is 14.9 Å². The summed E-state index contributed by atoms with van der Waals surface area (Å²) in [5, 5.41) is 17.5. The standard InChI is InChI=1S/C30H29NO4.3C2H6/c31-29(25-9-5-2-6-10-25)21-35-26-15-11-22(12-16-26)20-34-27-17-13-24(14-18-27)28(19-30(32)33)23-7-3-1-4-8-23;3*1-2/h2-3,5-18,28,31H,1,4,19-21H2,(H,32,33);3*1-2H3. The second-order valence-electron chi connectivity index (χ2n) is 8.47. The van der Waals surface area contributed by atoms with Crippen LogP contribution >= 0.6 is 0 Å². The first-order chi connectivity index (χ1) is 20.1. The summed E-state index contributed by atoms with van der Waals surface area (Å²) < 4.78 is 11.7. The van der Waals surface area contributed by atoms with Crippen LogP contribution in [-0.2, 0) is 11.4 Å². The van der Waals surface area contributed by atoms with Crippen molar-refractivity contribution < 1.29 is 19.4 Å². The molecule has 0 aliphatic heterocycles. The smallest absolute Gasteiger partial charge is 0.304 e. The fourth-order valence-corrected chi connectivity index (χ4v) is 4.02. The Bertz CT molecular complexity index is 1200. The molecule has 3 aromatic rings. The van der Waals surface area contributed by atoms with Crippen molar-refractivity contribution in [3.05, 3.63) is 119 Å². The number of rotatable bonds is 11. The molecule has 1 atom stereocenters. The lowest BCUT2D eigenvalue weighted by atomic mass is 9.85. The molecule has 0 saturated carbocycles. The second kappa shape index (κ2) is 20.7. The Morgan fingerprint density at radius 3 is 1.95 bits per heavy atom. The molecule has 4 rings (SSSR count). The molecule has 220 valence electrons. The normalized spacial score (nSPS) is 12.0. The van der Waals surface area contributed by atoms with Gasteiger partial charge in [-0.05, 0) is 59.4 Å². The Hall–Kier alpha value is -4.12. The molecule has 41 heavy (non-hydrogen) atoms. The highest BCUT2D eigenvalue weighted by molar-refractivity contribution is 5.99. The number of benzene rings is 3. The van der Waals surface area contributed by atoms with E-state index in [1.54, 1.807) is 0 Å². The topological polar surface area (TPSA) is 79.6 Å². The molecule has 3 aromatic carbocycles. The van der Waals surface area contributed by atoms with E-state index in [1.807, 2.05) is 126 Å². The minimum absolute atomic E-state index is 0.0651. The average molecular weight is 558 g/mol. The molecular formula is C36H47NO4. The van der Waals surface area contributed by atoms with Gasteiger partial charge in [0.05, 0.1) is 12.1 Å². The van der Waals surface area contributed by atoms with Crippen LogP contribution in [0.4, 0.5) is 0 Å². The van der Waals surface area contributed by atoms with Crippen molar-refractivity contribution in [3.63, 3.8) is 0 Å². The van der Waals surface area contributed by atoms with E-state index >= 15 is 0 Å². The molecule has 0 saturated heterocycles. The molecule has 0 amide bonds. The predicted octanol–water partition coefficient (Wildman–Crippen LogP) is 9.63. The van der Waals surface area contributed by atoms with Crippen LogP contribution in [0.2, 0.25) is 0 Å². The lowest BCUT2D eigenvalue weighted by Crippen LogP contribution is -2.11. The molecule has 0 heterocycles. The van der Waals surface area contributed by atoms with Gasteiger partial charge < -0.3 is 20.0 Å². The van der Waals surface area contributed by atoms with Gasteiger partial charge >= 0.3 is 5.97 Å². The van der Waals surface area contributed by atoms with Crippen LogP contribution in [0, 0.1) is 5.41 Å². The Balaban J connectivity index is 0.00000131. The lowest BCUT2D eigenvalue weighted by Gasteiger charge is -2.19. The highest BCUT2D eigenvalue weighted by atomic mass is 16.5. The van der Waals surface area contributed by atoms with E-state index < -0.39 is 5.97 Å². The van der Waals surface area contributed by atoms with E-state index in [0.29, 0.717) is 18.1 Å².